The van der Waals surface area contributed by atoms with Gasteiger partial charge in [-0.25, -0.2) is 0 Å². The van der Waals surface area contributed by atoms with Crippen LogP contribution in [0.25, 0.3) is 11.4 Å². The van der Waals surface area contributed by atoms with E-state index in [-0.39, 0.29) is 11.8 Å². The summed E-state index contributed by atoms with van der Waals surface area (Å²) in [6, 6.07) is 15.9. The Balaban J connectivity index is 1.29. The van der Waals surface area contributed by atoms with Crippen LogP contribution < -0.4 is 5.32 Å². The molecule has 0 spiro atoms. The van der Waals surface area contributed by atoms with Crippen molar-refractivity contribution in [2.45, 2.75) is 26.3 Å². The van der Waals surface area contributed by atoms with E-state index >= 15 is 0 Å². The zero-order valence-corrected chi connectivity index (χ0v) is 18.4. The van der Waals surface area contributed by atoms with Crippen LogP contribution in [0.1, 0.15) is 24.3 Å². The number of aryl methyl sites for hydroxylation is 1. The Morgan fingerprint density at radius 3 is 2.69 bits per heavy atom. The first-order valence-electron chi connectivity index (χ1n) is 9.75. The summed E-state index contributed by atoms with van der Waals surface area (Å²) in [5, 5.41) is 7.14. The fourth-order valence-electron chi connectivity index (χ4n) is 3.54. The Labute approximate surface area is 183 Å². The van der Waals surface area contributed by atoms with E-state index in [1.165, 1.54) is 5.56 Å². The lowest BCUT2D eigenvalue weighted by atomic mass is 9.96. The maximum Gasteiger partial charge on any atom is 0.241 e. The number of carbonyl (C=O) groups is 1. The van der Waals surface area contributed by atoms with Gasteiger partial charge in [-0.15, -0.1) is 0 Å². The lowest BCUT2D eigenvalue weighted by molar-refractivity contribution is -0.121. The summed E-state index contributed by atoms with van der Waals surface area (Å²) in [6.45, 7) is 4.34. The van der Waals surface area contributed by atoms with Crippen LogP contribution in [0, 0.1) is 16.4 Å². The molecule has 1 amide bonds. The highest BCUT2D eigenvalue weighted by Gasteiger charge is 2.26. The van der Waals surface area contributed by atoms with Crippen molar-refractivity contribution in [3.8, 4) is 11.4 Å². The first kappa shape index (κ1) is 20.0. The molecule has 0 atom stereocenters. The molecule has 1 N–H and O–H groups in total. The minimum absolute atomic E-state index is 0.0380. The van der Waals surface area contributed by atoms with E-state index in [0.717, 1.165) is 40.8 Å². The molecule has 2 aromatic carbocycles. The van der Waals surface area contributed by atoms with Gasteiger partial charge in [0.25, 0.3) is 0 Å². The zero-order chi connectivity index (χ0) is 20.2. The highest BCUT2D eigenvalue weighted by Crippen LogP contribution is 2.22. The molecule has 4 rings (SSSR count). The summed E-state index contributed by atoms with van der Waals surface area (Å²) in [6.07, 6.45) is 1.66. The molecule has 1 aromatic heterocycles. The molecule has 0 saturated carbocycles. The van der Waals surface area contributed by atoms with Gasteiger partial charge >= 0.3 is 0 Å². The Bertz CT molecular complexity index is 978. The van der Waals surface area contributed by atoms with Gasteiger partial charge in [0.05, 0.1) is 6.54 Å². The lowest BCUT2D eigenvalue weighted by Gasteiger charge is -2.30. The predicted molar refractivity (Wildman–Crippen MR) is 120 cm³/mol. The SMILES string of the molecule is Cc1cccc(-c2noc(CN3CCC(C(=O)Nc4ccc(I)cc4)CC3)n2)c1. The van der Waals surface area contributed by atoms with Crippen molar-refractivity contribution >= 4 is 34.2 Å². The quantitative estimate of drug-likeness (QED) is 0.521. The normalized spacial score (nSPS) is 15.4. The van der Waals surface area contributed by atoms with E-state index in [4.69, 9.17) is 4.52 Å². The van der Waals surface area contributed by atoms with Crippen LogP contribution in [-0.2, 0) is 11.3 Å². The highest BCUT2D eigenvalue weighted by atomic mass is 127. The second-order valence-corrected chi connectivity index (χ2v) is 8.67. The zero-order valence-electron chi connectivity index (χ0n) is 16.3. The smallest absolute Gasteiger partial charge is 0.241 e. The third-order valence-corrected chi connectivity index (χ3v) is 5.89. The van der Waals surface area contributed by atoms with Crippen LogP contribution in [0.5, 0.6) is 0 Å². The summed E-state index contributed by atoms with van der Waals surface area (Å²) in [7, 11) is 0. The number of hydrogen-bond acceptors (Lipinski definition) is 5. The van der Waals surface area contributed by atoms with Gasteiger partial charge in [-0.05, 0) is 85.8 Å². The second-order valence-electron chi connectivity index (χ2n) is 7.43. The first-order valence-corrected chi connectivity index (χ1v) is 10.8. The topological polar surface area (TPSA) is 71.3 Å². The van der Waals surface area contributed by atoms with Crippen molar-refractivity contribution in [1.29, 1.82) is 0 Å². The molecule has 2 heterocycles. The summed E-state index contributed by atoms with van der Waals surface area (Å²) in [4.78, 5) is 19.3. The van der Waals surface area contributed by atoms with Crippen molar-refractivity contribution < 1.29 is 9.32 Å². The van der Waals surface area contributed by atoms with Crippen LogP contribution in [0.15, 0.2) is 53.1 Å². The van der Waals surface area contributed by atoms with Gasteiger partial charge in [-0.1, -0.05) is 28.9 Å². The molecule has 1 fully saturated rings. The van der Waals surface area contributed by atoms with Gasteiger partial charge in [0.1, 0.15) is 0 Å². The summed E-state index contributed by atoms with van der Waals surface area (Å²) in [5.41, 5.74) is 2.98. The number of amides is 1. The molecular formula is C22H23IN4O2. The van der Waals surface area contributed by atoms with Gasteiger partial charge in [0.2, 0.25) is 17.6 Å². The van der Waals surface area contributed by atoms with Crippen molar-refractivity contribution in [3.63, 3.8) is 0 Å². The molecule has 1 saturated heterocycles. The average molecular weight is 502 g/mol. The van der Waals surface area contributed by atoms with E-state index in [2.05, 4.69) is 42.9 Å². The number of hydrogen-bond donors (Lipinski definition) is 1. The Morgan fingerprint density at radius 2 is 1.97 bits per heavy atom. The Hall–Kier alpha value is -2.26. The van der Waals surface area contributed by atoms with E-state index in [9.17, 15) is 4.79 Å². The average Bonchev–Trinajstić information content (AvgIpc) is 3.19. The van der Waals surface area contributed by atoms with Crippen LogP contribution >= 0.6 is 22.6 Å². The van der Waals surface area contributed by atoms with E-state index < -0.39 is 0 Å². The Kier molecular flexibility index (Phi) is 6.25. The fourth-order valence-corrected chi connectivity index (χ4v) is 3.90. The molecule has 0 bridgehead atoms. The van der Waals surface area contributed by atoms with E-state index in [1.54, 1.807) is 0 Å². The summed E-state index contributed by atoms with van der Waals surface area (Å²) in [5.74, 6) is 1.38. The molecule has 150 valence electrons. The van der Waals surface area contributed by atoms with Crippen molar-refractivity contribution in [1.82, 2.24) is 15.0 Å². The number of aromatic nitrogens is 2. The number of benzene rings is 2. The number of nitrogens with zero attached hydrogens (tertiary/aromatic N) is 3. The molecule has 0 radical (unpaired) electrons. The Morgan fingerprint density at radius 1 is 1.21 bits per heavy atom. The number of likely N-dealkylation sites (tertiary alicyclic amines) is 1. The molecule has 0 aliphatic carbocycles. The summed E-state index contributed by atoms with van der Waals surface area (Å²) < 4.78 is 6.60. The number of nitrogens with one attached hydrogen (secondary N) is 1. The minimum Gasteiger partial charge on any atom is -0.338 e. The number of piperidine rings is 1. The molecule has 1 aliphatic heterocycles. The maximum absolute atomic E-state index is 12.5. The lowest BCUT2D eigenvalue weighted by Crippen LogP contribution is -2.37. The monoisotopic (exact) mass is 502 g/mol. The van der Waals surface area contributed by atoms with Gasteiger partial charge < -0.3 is 9.84 Å². The number of rotatable bonds is 5. The van der Waals surface area contributed by atoms with Gasteiger partial charge in [0, 0.05) is 20.7 Å². The van der Waals surface area contributed by atoms with Gasteiger partial charge in [-0.3, -0.25) is 9.69 Å². The summed E-state index contributed by atoms with van der Waals surface area (Å²) >= 11 is 2.26. The largest absolute Gasteiger partial charge is 0.338 e. The van der Waals surface area contributed by atoms with Crippen LogP contribution in [-0.4, -0.2) is 34.0 Å². The van der Waals surface area contributed by atoms with E-state index in [1.807, 2.05) is 55.5 Å². The maximum atomic E-state index is 12.5. The molecule has 3 aromatic rings. The van der Waals surface area contributed by atoms with Crippen LogP contribution in [0.4, 0.5) is 5.69 Å². The van der Waals surface area contributed by atoms with Crippen molar-refractivity contribution in [2.75, 3.05) is 18.4 Å². The van der Waals surface area contributed by atoms with Gasteiger partial charge in [0.15, 0.2) is 0 Å². The third kappa shape index (κ3) is 5.22. The molecule has 29 heavy (non-hydrogen) atoms. The number of carbonyl (C=O) groups excluding carboxylic acids is 1. The predicted octanol–water partition coefficient (Wildman–Crippen LogP) is 4.50. The van der Waals surface area contributed by atoms with Gasteiger partial charge in [-0.2, -0.15) is 4.98 Å². The highest BCUT2D eigenvalue weighted by molar-refractivity contribution is 14.1. The standard InChI is InChI=1S/C22H23IN4O2/c1-15-3-2-4-17(13-15)21-25-20(29-26-21)14-27-11-9-16(10-12-27)22(28)24-19-7-5-18(23)6-8-19/h2-8,13,16H,9-12,14H2,1H3,(H,24,28). The fraction of sp³-hybridized carbons (Fsp3) is 0.318. The molecule has 1 aliphatic rings. The van der Waals surface area contributed by atoms with Crippen LogP contribution in [0.2, 0.25) is 0 Å². The second kappa shape index (κ2) is 9.04. The molecule has 7 heteroatoms. The molecule has 0 unspecified atom stereocenters. The van der Waals surface area contributed by atoms with Crippen molar-refractivity contribution in [3.05, 3.63) is 63.6 Å². The van der Waals surface area contributed by atoms with E-state index in [0.29, 0.717) is 18.3 Å². The number of anilines is 1. The van der Waals surface area contributed by atoms with Crippen molar-refractivity contribution in [2.24, 2.45) is 5.92 Å². The molecule has 6 nitrogen and oxygen atoms in total. The first-order chi connectivity index (χ1) is 14.1. The minimum atomic E-state index is 0.0380. The molecular weight excluding hydrogens is 479 g/mol. The third-order valence-electron chi connectivity index (χ3n) is 5.17. The van der Waals surface area contributed by atoms with Crippen LogP contribution in [0.3, 0.4) is 0 Å². The number of halogens is 1.